The summed E-state index contributed by atoms with van der Waals surface area (Å²) in [6, 6.07) is 0. The summed E-state index contributed by atoms with van der Waals surface area (Å²) in [4.78, 5) is 10.7. The summed E-state index contributed by atoms with van der Waals surface area (Å²) in [5.41, 5.74) is 2.18. The molecule has 0 spiro atoms. The van der Waals surface area contributed by atoms with Gasteiger partial charge in [-0.25, -0.2) is 9.97 Å². The molecular formula is C11H14ClN3O. The first kappa shape index (κ1) is 10.4. The Labute approximate surface area is 99.6 Å². The van der Waals surface area contributed by atoms with Crippen LogP contribution in [-0.4, -0.2) is 34.6 Å². The molecule has 1 aromatic heterocycles. The average Bonchev–Trinajstić information content (AvgIpc) is 2.88. The fourth-order valence-corrected chi connectivity index (χ4v) is 2.64. The van der Waals surface area contributed by atoms with Crippen molar-refractivity contribution in [3.8, 4) is 0 Å². The zero-order chi connectivity index (χ0) is 11.0. The largest absolute Gasteiger partial charge is 0.381 e. The Bertz CT molecular complexity index is 393. The minimum Gasteiger partial charge on any atom is -0.381 e. The van der Waals surface area contributed by atoms with Gasteiger partial charge in [-0.2, -0.15) is 0 Å². The number of aromatic nitrogens is 2. The highest BCUT2D eigenvalue weighted by Gasteiger charge is 2.26. The van der Waals surface area contributed by atoms with E-state index in [9.17, 15) is 0 Å². The third-order valence-corrected chi connectivity index (χ3v) is 3.60. The molecule has 0 amide bonds. The van der Waals surface area contributed by atoms with Gasteiger partial charge in [-0.05, 0) is 12.3 Å². The van der Waals surface area contributed by atoms with E-state index in [-0.39, 0.29) is 0 Å². The minimum absolute atomic E-state index is 0.607. The highest BCUT2D eigenvalue weighted by Crippen LogP contribution is 2.27. The number of hydrogen-bond donors (Lipinski definition) is 0. The van der Waals surface area contributed by atoms with Gasteiger partial charge < -0.3 is 4.74 Å². The normalized spacial score (nSPS) is 24.9. The average molecular weight is 240 g/mol. The molecule has 0 saturated carbocycles. The summed E-state index contributed by atoms with van der Waals surface area (Å²) in [6.45, 7) is 4.66. The van der Waals surface area contributed by atoms with Crippen molar-refractivity contribution in [2.45, 2.75) is 19.5 Å². The molecule has 2 aliphatic heterocycles. The van der Waals surface area contributed by atoms with Gasteiger partial charge in [0.1, 0.15) is 11.5 Å². The molecule has 0 N–H and O–H groups in total. The molecule has 5 heteroatoms. The Kier molecular flexibility index (Phi) is 2.79. The Morgan fingerprint density at radius 1 is 1.44 bits per heavy atom. The fourth-order valence-electron chi connectivity index (χ4n) is 2.43. The highest BCUT2D eigenvalue weighted by atomic mass is 35.5. The molecule has 2 aliphatic rings. The van der Waals surface area contributed by atoms with Crippen molar-refractivity contribution in [3.05, 3.63) is 22.7 Å². The molecule has 1 fully saturated rings. The first-order valence-electron chi connectivity index (χ1n) is 5.61. The van der Waals surface area contributed by atoms with Gasteiger partial charge in [0.05, 0.1) is 12.3 Å². The highest BCUT2D eigenvalue weighted by molar-refractivity contribution is 6.30. The van der Waals surface area contributed by atoms with Crippen LogP contribution in [0.15, 0.2) is 6.33 Å². The molecule has 86 valence electrons. The lowest BCUT2D eigenvalue weighted by atomic mass is 10.1. The molecular weight excluding hydrogens is 226 g/mol. The van der Waals surface area contributed by atoms with Crippen LogP contribution in [0.25, 0.3) is 0 Å². The lowest BCUT2D eigenvalue weighted by molar-refractivity contribution is 0.167. The third-order valence-electron chi connectivity index (χ3n) is 3.28. The van der Waals surface area contributed by atoms with Gasteiger partial charge in [0.2, 0.25) is 0 Å². The van der Waals surface area contributed by atoms with Crippen molar-refractivity contribution in [1.29, 1.82) is 0 Å². The lowest BCUT2D eigenvalue weighted by Gasteiger charge is -2.17. The van der Waals surface area contributed by atoms with E-state index in [0.29, 0.717) is 11.1 Å². The predicted octanol–water partition coefficient (Wildman–Crippen LogP) is 1.48. The first-order chi connectivity index (χ1) is 7.83. The van der Waals surface area contributed by atoms with Gasteiger partial charge in [0.25, 0.3) is 0 Å². The van der Waals surface area contributed by atoms with Gasteiger partial charge in [-0.15, -0.1) is 0 Å². The van der Waals surface area contributed by atoms with E-state index >= 15 is 0 Å². The second-order valence-electron chi connectivity index (χ2n) is 4.49. The molecule has 1 unspecified atom stereocenters. The molecule has 16 heavy (non-hydrogen) atoms. The van der Waals surface area contributed by atoms with Crippen LogP contribution in [0, 0.1) is 5.92 Å². The van der Waals surface area contributed by atoms with Crippen molar-refractivity contribution in [1.82, 2.24) is 14.9 Å². The second-order valence-corrected chi connectivity index (χ2v) is 4.85. The molecule has 0 aromatic carbocycles. The summed E-state index contributed by atoms with van der Waals surface area (Å²) in [5, 5.41) is 0.607. The monoisotopic (exact) mass is 239 g/mol. The Hall–Kier alpha value is -0.710. The van der Waals surface area contributed by atoms with E-state index in [0.717, 1.165) is 44.1 Å². The van der Waals surface area contributed by atoms with Gasteiger partial charge in [-0.1, -0.05) is 11.6 Å². The molecule has 1 atom stereocenters. The van der Waals surface area contributed by atoms with Crippen LogP contribution in [-0.2, 0) is 17.8 Å². The topological polar surface area (TPSA) is 38.2 Å². The number of hydrogen-bond acceptors (Lipinski definition) is 4. The van der Waals surface area contributed by atoms with Crippen molar-refractivity contribution in [3.63, 3.8) is 0 Å². The molecule has 1 saturated heterocycles. The zero-order valence-corrected chi connectivity index (χ0v) is 9.78. The minimum atomic E-state index is 0.607. The predicted molar refractivity (Wildman–Crippen MR) is 60.1 cm³/mol. The van der Waals surface area contributed by atoms with Crippen molar-refractivity contribution in [2.75, 3.05) is 19.8 Å². The van der Waals surface area contributed by atoms with E-state index in [4.69, 9.17) is 16.3 Å². The summed E-state index contributed by atoms with van der Waals surface area (Å²) in [5.74, 6) is 0.668. The lowest BCUT2D eigenvalue weighted by Crippen LogP contribution is -2.24. The Morgan fingerprint density at radius 3 is 3.12 bits per heavy atom. The van der Waals surface area contributed by atoms with Gasteiger partial charge in [-0.3, -0.25) is 4.90 Å². The number of fused-ring (bicyclic) bond motifs is 1. The number of rotatable bonds is 2. The van der Waals surface area contributed by atoms with E-state index in [1.807, 2.05) is 0 Å². The van der Waals surface area contributed by atoms with Gasteiger partial charge in [0, 0.05) is 31.8 Å². The third kappa shape index (κ3) is 1.93. The zero-order valence-electron chi connectivity index (χ0n) is 9.03. The van der Waals surface area contributed by atoms with Gasteiger partial charge >= 0.3 is 0 Å². The molecule has 0 radical (unpaired) electrons. The maximum Gasteiger partial charge on any atom is 0.137 e. The van der Waals surface area contributed by atoms with Crippen molar-refractivity contribution < 1.29 is 4.74 Å². The maximum absolute atomic E-state index is 6.05. The quantitative estimate of drug-likeness (QED) is 0.733. The van der Waals surface area contributed by atoms with E-state index in [2.05, 4.69) is 14.9 Å². The van der Waals surface area contributed by atoms with Gasteiger partial charge in [0.15, 0.2) is 0 Å². The molecule has 0 bridgehead atoms. The van der Waals surface area contributed by atoms with E-state index in [1.165, 1.54) is 6.42 Å². The molecule has 3 rings (SSSR count). The summed E-state index contributed by atoms with van der Waals surface area (Å²) in [6.07, 6.45) is 2.72. The smallest absolute Gasteiger partial charge is 0.137 e. The Balaban J connectivity index is 1.68. The van der Waals surface area contributed by atoms with Crippen molar-refractivity contribution in [2.24, 2.45) is 5.92 Å². The standard InChI is InChI=1S/C11H14ClN3O/c12-11-9-4-15(3-8-1-2-16-6-8)5-10(9)13-7-14-11/h7-8H,1-6H2. The van der Waals surface area contributed by atoms with Crippen LogP contribution in [0.2, 0.25) is 5.15 Å². The number of nitrogens with zero attached hydrogens (tertiary/aromatic N) is 3. The second kappa shape index (κ2) is 4.28. The summed E-state index contributed by atoms with van der Waals surface area (Å²) < 4.78 is 5.39. The molecule has 0 aliphatic carbocycles. The van der Waals surface area contributed by atoms with Crippen LogP contribution in [0.4, 0.5) is 0 Å². The van der Waals surface area contributed by atoms with Crippen LogP contribution in [0.3, 0.4) is 0 Å². The Morgan fingerprint density at radius 2 is 2.38 bits per heavy atom. The van der Waals surface area contributed by atoms with Crippen molar-refractivity contribution >= 4 is 11.6 Å². The van der Waals surface area contributed by atoms with Crippen LogP contribution in [0.1, 0.15) is 17.7 Å². The summed E-state index contributed by atoms with van der Waals surface area (Å²) >= 11 is 6.05. The number of halogens is 1. The molecule has 3 heterocycles. The maximum atomic E-state index is 6.05. The van der Waals surface area contributed by atoms with E-state index < -0.39 is 0 Å². The van der Waals surface area contributed by atoms with Crippen LogP contribution in [0.5, 0.6) is 0 Å². The molecule has 4 nitrogen and oxygen atoms in total. The first-order valence-corrected chi connectivity index (χ1v) is 5.99. The summed E-state index contributed by atoms with van der Waals surface area (Å²) in [7, 11) is 0. The van der Waals surface area contributed by atoms with Crippen LogP contribution >= 0.6 is 11.6 Å². The SMILES string of the molecule is Clc1ncnc2c1CN(CC1CCOC1)C2. The fraction of sp³-hybridized carbons (Fsp3) is 0.636. The molecule has 1 aromatic rings. The number of ether oxygens (including phenoxy) is 1. The van der Waals surface area contributed by atoms with E-state index in [1.54, 1.807) is 6.33 Å². The van der Waals surface area contributed by atoms with Crippen LogP contribution < -0.4 is 0 Å².